The molecule has 2 aromatic carbocycles. The van der Waals surface area contributed by atoms with E-state index in [1.54, 1.807) is 18.2 Å². The zero-order chi connectivity index (χ0) is 16.5. The van der Waals surface area contributed by atoms with Crippen LogP contribution in [0.2, 0.25) is 0 Å². The summed E-state index contributed by atoms with van der Waals surface area (Å²) in [5.41, 5.74) is 1.44. The second-order valence-corrected chi connectivity index (χ2v) is 4.85. The summed E-state index contributed by atoms with van der Waals surface area (Å²) < 4.78 is 11.0. The summed E-state index contributed by atoms with van der Waals surface area (Å²) in [6.45, 7) is 0.211. The Morgan fingerprint density at radius 2 is 1.83 bits per heavy atom. The topological polar surface area (TPSA) is 64.6 Å². The van der Waals surface area contributed by atoms with Crippen molar-refractivity contribution in [2.75, 3.05) is 13.7 Å². The van der Waals surface area contributed by atoms with Crippen molar-refractivity contribution in [3.05, 3.63) is 65.7 Å². The van der Waals surface area contributed by atoms with E-state index in [-0.39, 0.29) is 12.7 Å². The minimum atomic E-state index is -0.481. The molecule has 5 nitrogen and oxygen atoms in total. The van der Waals surface area contributed by atoms with Gasteiger partial charge >= 0.3 is 6.09 Å². The van der Waals surface area contributed by atoms with E-state index < -0.39 is 6.09 Å². The van der Waals surface area contributed by atoms with Gasteiger partial charge in [-0.25, -0.2) is 4.79 Å². The van der Waals surface area contributed by atoms with Gasteiger partial charge in [0, 0.05) is 13.5 Å². The number of hydrogen-bond acceptors (Lipinski definition) is 4. The average Bonchev–Trinajstić information content (AvgIpc) is 2.61. The van der Waals surface area contributed by atoms with Crippen LogP contribution in [-0.4, -0.2) is 26.0 Å². The van der Waals surface area contributed by atoms with Crippen molar-refractivity contribution in [1.29, 1.82) is 0 Å². The summed E-state index contributed by atoms with van der Waals surface area (Å²) >= 11 is 0. The van der Waals surface area contributed by atoms with Crippen molar-refractivity contribution < 1.29 is 19.1 Å². The van der Waals surface area contributed by atoms with E-state index in [2.05, 4.69) is 5.32 Å². The molecule has 1 amide bonds. The first-order valence-electron chi connectivity index (χ1n) is 7.35. The third-order valence-electron chi connectivity index (χ3n) is 3.30. The van der Waals surface area contributed by atoms with E-state index >= 15 is 0 Å². The SMILES string of the molecule is CNC(=O)OCCC(Oc1ccccc1C=O)c1ccccc1. The highest BCUT2D eigenvalue weighted by Crippen LogP contribution is 2.27. The molecule has 0 saturated heterocycles. The number of alkyl carbamates (subject to hydrolysis) is 1. The lowest BCUT2D eigenvalue weighted by Crippen LogP contribution is -2.21. The van der Waals surface area contributed by atoms with Crippen LogP contribution in [0.3, 0.4) is 0 Å². The maximum atomic E-state index is 11.2. The molecule has 0 heterocycles. The Labute approximate surface area is 135 Å². The van der Waals surface area contributed by atoms with Crippen molar-refractivity contribution in [3.8, 4) is 5.75 Å². The van der Waals surface area contributed by atoms with E-state index in [0.29, 0.717) is 17.7 Å². The van der Waals surface area contributed by atoms with E-state index in [1.165, 1.54) is 7.05 Å². The van der Waals surface area contributed by atoms with Crippen molar-refractivity contribution in [2.24, 2.45) is 0 Å². The second kappa shape index (κ2) is 8.58. The standard InChI is InChI=1S/C18H19NO4/c1-19-18(21)22-12-11-17(14-7-3-2-4-8-14)23-16-10-6-5-9-15(16)13-20/h2-10,13,17H,11-12H2,1H3,(H,19,21). The molecule has 0 aliphatic heterocycles. The molecule has 1 N–H and O–H groups in total. The summed E-state index contributed by atoms with van der Waals surface area (Å²) in [5, 5.41) is 2.40. The quantitative estimate of drug-likeness (QED) is 0.796. The highest BCUT2D eigenvalue weighted by molar-refractivity contribution is 5.79. The lowest BCUT2D eigenvalue weighted by molar-refractivity contribution is 0.109. The van der Waals surface area contributed by atoms with E-state index in [9.17, 15) is 9.59 Å². The highest BCUT2D eigenvalue weighted by atomic mass is 16.5. The molecule has 2 aromatic rings. The Morgan fingerprint density at radius 3 is 2.52 bits per heavy atom. The molecule has 0 saturated carbocycles. The largest absolute Gasteiger partial charge is 0.485 e. The number of hydrogen-bond donors (Lipinski definition) is 1. The van der Waals surface area contributed by atoms with E-state index in [4.69, 9.17) is 9.47 Å². The van der Waals surface area contributed by atoms with Gasteiger partial charge in [0.1, 0.15) is 11.9 Å². The van der Waals surface area contributed by atoms with E-state index in [0.717, 1.165) is 11.8 Å². The summed E-state index contributed by atoms with van der Waals surface area (Å²) in [4.78, 5) is 22.3. The Morgan fingerprint density at radius 1 is 1.13 bits per heavy atom. The van der Waals surface area contributed by atoms with Gasteiger partial charge in [-0.15, -0.1) is 0 Å². The molecule has 0 spiro atoms. The fraction of sp³-hybridized carbons (Fsp3) is 0.222. The first kappa shape index (κ1) is 16.5. The van der Waals surface area contributed by atoms with Crippen LogP contribution in [0.1, 0.15) is 28.4 Å². The smallest absolute Gasteiger partial charge is 0.406 e. The Bertz CT molecular complexity index is 642. The Balaban J connectivity index is 2.13. The molecule has 5 heteroatoms. The van der Waals surface area contributed by atoms with Gasteiger partial charge in [0.05, 0.1) is 12.2 Å². The first-order valence-corrected chi connectivity index (χ1v) is 7.35. The second-order valence-electron chi connectivity index (χ2n) is 4.85. The number of carbonyl (C=O) groups excluding carboxylic acids is 2. The molecule has 1 unspecified atom stereocenters. The van der Waals surface area contributed by atoms with Gasteiger partial charge in [0.25, 0.3) is 0 Å². The predicted octanol–water partition coefficient (Wildman–Crippen LogP) is 3.37. The Kier molecular flexibility index (Phi) is 6.17. The molecule has 0 fully saturated rings. The maximum absolute atomic E-state index is 11.2. The molecule has 0 aromatic heterocycles. The number of nitrogens with one attached hydrogen (secondary N) is 1. The fourth-order valence-corrected chi connectivity index (χ4v) is 2.13. The number of para-hydroxylation sites is 1. The third kappa shape index (κ3) is 4.85. The van der Waals surface area contributed by atoms with Gasteiger partial charge in [0.15, 0.2) is 6.29 Å². The van der Waals surface area contributed by atoms with E-state index in [1.807, 2.05) is 36.4 Å². The zero-order valence-electron chi connectivity index (χ0n) is 12.9. The molecule has 2 rings (SSSR count). The van der Waals surface area contributed by atoms with Crippen molar-refractivity contribution in [1.82, 2.24) is 5.32 Å². The summed E-state index contributed by atoms with van der Waals surface area (Å²) in [6.07, 6.45) is 0.440. The van der Waals surface area contributed by atoms with Crippen LogP contribution in [0.4, 0.5) is 4.79 Å². The summed E-state index contributed by atoms with van der Waals surface area (Å²) in [5.74, 6) is 0.510. The molecule has 0 aliphatic rings. The fourth-order valence-electron chi connectivity index (χ4n) is 2.13. The van der Waals surface area contributed by atoms with Crippen LogP contribution in [-0.2, 0) is 4.74 Å². The van der Waals surface area contributed by atoms with Gasteiger partial charge in [-0.2, -0.15) is 0 Å². The van der Waals surface area contributed by atoms with Gasteiger partial charge in [-0.05, 0) is 17.7 Å². The minimum absolute atomic E-state index is 0.211. The van der Waals surface area contributed by atoms with Gasteiger partial charge in [0.2, 0.25) is 0 Å². The minimum Gasteiger partial charge on any atom is -0.485 e. The normalized spacial score (nSPS) is 11.3. The molecule has 120 valence electrons. The van der Waals surface area contributed by atoms with Crippen LogP contribution in [0.15, 0.2) is 54.6 Å². The van der Waals surface area contributed by atoms with Crippen molar-refractivity contribution >= 4 is 12.4 Å². The van der Waals surface area contributed by atoms with Crippen LogP contribution in [0, 0.1) is 0 Å². The Hall–Kier alpha value is -2.82. The van der Waals surface area contributed by atoms with Crippen LogP contribution in [0.5, 0.6) is 5.75 Å². The number of carbonyl (C=O) groups is 2. The molecular formula is C18H19NO4. The molecule has 1 atom stereocenters. The lowest BCUT2D eigenvalue weighted by Gasteiger charge is -2.20. The van der Waals surface area contributed by atoms with Crippen molar-refractivity contribution in [2.45, 2.75) is 12.5 Å². The molecule has 0 bridgehead atoms. The monoisotopic (exact) mass is 313 g/mol. The first-order chi connectivity index (χ1) is 11.2. The summed E-state index contributed by atoms with van der Waals surface area (Å²) in [7, 11) is 1.51. The average molecular weight is 313 g/mol. The number of rotatable bonds is 7. The third-order valence-corrected chi connectivity index (χ3v) is 3.30. The van der Waals surface area contributed by atoms with Gasteiger partial charge in [-0.1, -0.05) is 42.5 Å². The number of ether oxygens (including phenoxy) is 2. The predicted molar refractivity (Wildman–Crippen MR) is 86.7 cm³/mol. The molecular weight excluding hydrogens is 294 g/mol. The highest BCUT2D eigenvalue weighted by Gasteiger charge is 2.16. The van der Waals surface area contributed by atoms with Crippen LogP contribution in [0.25, 0.3) is 0 Å². The maximum Gasteiger partial charge on any atom is 0.406 e. The zero-order valence-corrected chi connectivity index (χ0v) is 12.9. The number of amides is 1. The van der Waals surface area contributed by atoms with Crippen LogP contribution < -0.4 is 10.1 Å². The number of benzene rings is 2. The molecule has 0 radical (unpaired) electrons. The number of aldehydes is 1. The van der Waals surface area contributed by atoms with Crippen LogP contribution >= 0.6 is 0 Å². The molecule has 0 aliphatic carbocycles. The van der Waals surface area contributed by atoms with Gasteiger partial charge in [-0.3, -0.25) is 4.79 Å². The van der Waals surface area contributed by atoms with Gasteiger partial charge < -0.3 is 14.8 Å². The molecule has 23 heavy (non-hydrogen) atoms. The summed E-state index contributed by atoms with van der Waals surface area (Å²) in [6, 6.07) is 16.7. The lowest BCUT2D eigenvalue weighted by atomic mass is 10.1. The van der Waals surface area contributed by atoms with Crippen molar-refractivity contribution in [3.63, 3.8) is 0 Å².